The molecule has 0 radical (unpaired) electrons. The third-order valence-electron chi connectivity index (χ3n) is 2.56. The Morgan fingerprint density at radius 2 is 2.24 bits per heavy atom. The van der Waals surface area contributed by atoms with Gasteiger partial charge in [-0.15, -0.1) is 0 Å². The molecule has 0 fully saturated rings. The fourth-order valence-corrected chi connectivity index (χ4v) is 2.01. The predicted molar refractivity (Wildman–Crippen MR) is 73.4 cm³/mol. The topological polar surface area (TPSA) is 52.3 Å². The van der Waals surface area contributed by atoms with Gasteiger partial charge in [0.2, 0.25) is 0 Å². The first-order chi connectivity index (χ1) is 8.11. The standard InChI is InChI=1S/C13H19NO2S/c1-4-8-16-13(15)12-10(9(2)17-3)6-5-7-11(12)14/h5-7,9H,4,8,14H2,1-3H3. The summed E-state index contributed by atoms with van der Waals surface area (Å²) in [6.07, 6.45) is 2.82. The van der Waals surface area contributed by atoms with Crippen LogP contribution >= 0.6 is 11.8 Å². The monoisotopic (exact) mass is 253 g/mol. The minimum absolute atomic E-state index is 0.225. The highest BCUT2D eigenvalue weighted by molar-refractivity contribution is 7.98. The van der Waals surface area contributed by atoms with E-state index in [0.29, 0.717) is 17.9 Å². The second-order valence-electron chi connectivity index (χ2n) is 3.83. The van der Waals surface area contributed by atoms with Gasteiger partial charge < -0.3 is 10.5 Å². The Hall–Kier alpha value is -1.16. The van der Waals surface area contributed by atoms with Crippen molar-refractivity contribution >= 4 is 23.4 Å². The predicted octanol–water partition coefficient (Wildman–Crippen LogP) is 3.26. The number of hydrogen-bond acceptors (Lipinski definition) is 4. The Labute approximate surface area is 107 Å². The van der Waals surface area contributed by atoms with Crippen LogP contribution in [0.2, 0.25) is 0 Å². The number of anilines is 1. The molecule has 1 atom stereocenters. The molecule has 0 bridgehead atoms. The lowest BCUT2D eigenvalue weighted by molar-refractivity contribution is 0.0505. The van der Waals surface area contributed by atoms with E-state index in [2.05, 4.69) is 6.92 Å². The summed E-state index contributed by atoms with van der Waals surface area (Å²) in [5, 5.41) is 0.225. The molecular weight excluding hydrogens is 234 g/mol. The normalized spacial score (nSPS) is 12.2. The van der Waals surface area contributed by atoms with Crippen LogP contribution in [-0.4, -0.2) is 18.8 Å². The van der Waals surface area contributed by atoms with Crippen molar-refractivity contribution in [2.45, 2.75) is 25.5 Å². The third kappa shape index (κ3) is 3.40. The van der Waals surface area contributed by atoms with Gasteiger partial charge in [0.1, 0.15) is 0 Å². The van der Waals surface area contributed by atoms with Gasteiger partial charge in [-0.3, -0.25) is 0 Å². The lowest BCUT2D eigenvalue weighted by Gasteiger charge is -2.15. The van der Waals surface area contributed by atoms with Gasteiger partial charge in [0, 0.05) is 10.9 Å². The fourth-order valence-electron chi connectivity index (χ4n) is 1.56. The number of nitrogens with two attached hydrogens (primary N) is 1. The van der Waals surface area contributed by atoms with Crippen molar-refractivity contribution in [3.8, 4) is 0 Å². The van der Waals surface area contributed by atoms with Crippen LogP contribution in [0.3, 0.4) is 0 Å². The van der Waals surface area contributed by atoms with Crippen LogP contribution < -0.4 is 5.73 Å². The minimum atomic E-state index is -0.319. The molecule has 1 unspecified atom stereocenters. The Morgan fingerprint density at radius 3 is 2.82 bits per heavy atom. The number of esters is 1. The summed E-state index contributed by atoms with van der Waals surface area (Å²) in [5.41, 5.74) is 7.83. The van der Waals surface area contributed by atoms with Crippen LogP contribution in [-0.2, 0) is 4.74 Å². The number of ether oxygens (including phenoxy) is 1. The lowest BCUT2D eigenvalue weighted by Crippen LogP contribution is -2.12. The van der Waals surface area contributed by atoms with E-state index in [1.807, 2.05) is 25.3 Å². The number of carbonyl (C=O) groups is 1. The van der Waals surface area contributed by atoms with Crippen LogP contribution in [0.15, 0.2) is 18.2 Å². The Balaban J connectivity index is 3.07. The summed E-state index contributed by atoms with van der Waals surface area (Å²) in [6.45, 7) is 4.45. The van der Waals surface area contributed by atoms with Gasteiger partial charge in [-0.1, -0.05) is 19.1 Å². The van der Waals surface area contributed by atoms with Crippen molar-refractivity contribution in [2.75, 3.05) is 18.6 Å². The number of benzene rings is 1. The van der Waals surface area contributed by atoms with Crippen LogP contribution in [0.5, 0.6) is 0 Å². The van der Waals surface area contributed by atoms with Crippen molar-refractivity contribution in [3.63, 3.8) is 0 Å². The molecular formula is C13H19NO2S. The van der Waals surface area contributed by atoms with Crippen LogP contribution in [0.1, 0.15) is 41.4 Å². The van der Waals surface area contributed by atoms with Gasteiger partial charge in [-0.2, -0.15) is 11.8 Å². The zero-order valence-corrected chi connectivity index (χ0v) is 11.3. The number of carbonyl (C=O) groups excluding carboxylic acids is 1. The van der Waals surface area contributed by atoms with E-state index >= 15 is 0 Å². The molecule has 0 amide bonds. The summed E-state index contributed by atoms with van der Waals surface area (Å²) in [7, 11) is 0. The second-order valence-corrected chi connectivity index (χ2v) is 5.00. The highest BCUT2D eigenvalue weighted by Gasteiger charge is 2.19. The number of thioether (sulfide) groups is 1. The first-order valence-corrected chi connectivity index (χ1v) is 6.98. The quantitative estimate of drug-likeness (QED) is 0.646. The number of rotatable bonds is 5. The largest absolute Gasteiger partial charge is 0.462 e. The summed E-state index contributed by atoms with van der Waals surface area (Å²) < 4.78 is 5.17. The molecule has 0 aliphatic rings. The van der Waals surface area contributed by atoms with Crippen LogP contribution in [0.25, 0.3) is 0 Å². The maximum atomic E-state index is 12.0. The molecule has 0 saturated heterocycles. The molecule has 94 valence electrons. The van der Waals surface area contributed by atoms with Crippen molar-refractivity contribution in [1.82, 2.24) is 0 Å². The summed E-state index contributed by atoms with van der Waals surface area (Å²) in [5.74, 6) is -0.319. The molecule has 0 spiro atoms. The first-order valence-electron chi connectivity index (χ1n) is 5.70. The zero-order chi connectivity index (χ0) is 12.8. The molecule has 17 heavy (non-hydrogen) atoms. The Morgan fingerprint density at radius 1 is 1.53 bits per heavy atom. The maximum absolute atomic E-state index is 12.0. The van der Waals surface area contributed by atoms with Crippen LogP contribution in [0, 0.1) is 0 Å². The van der Waals surface area contributed by atoms with Gasteiger partial charge in [-0.25, -0.2) is 4.79 Å². The van der Waals surface area contributed by atoms with Gasteiger partial charge in [0.15, 0.2) is 0 Å². The summed E-state index contributed by atoms with van der Waals surface area (Å²) in [4.78, 5) is 12.0. The molecule has 0 heterocycles. The van der Waals surface area contributed by atoms with Crippen molar-refractivity contribution in [1.29, 1.82) is 0 Å². The summed E-state index contributed by atoms with van der Waals surface area (Å²) >= 11 is 1.68. The Kier molecular flexibility index (Phi) is 5.35. The van der Waals surface area contributed by atoms with Gasteiger partial charge in [0.25, 0.3) is 0 Å². The fraction of sp³-hybridized carbons (Fsp3) is 0.462. The minimum Gasteiger partial charge on any atom is -0.462 e. The molecule has 0 aliphatic carbocycles. The van der Waals surface area contributed by atoms with E-state index in [0.717, 1.165) is 12.0 Å². The second kappa shape index (κ2) is 6.55. The molecule has 3 nitrogen and oxygen atoms in total. The van der Waals surface area contributed by atoms with E-state index in [1.54, 1.807) is 17.8 Å². The maximum Gasteiger partial charge on any atom is 0.340 e. The third-order valence-corrected chi connectivity index (χ3v) is 3.52. The van der Waals surface area contributed by atoms with E-state index < -0.39 is 0 Å². The van der Waals surface area contributed by atoms with E-state index in [-0.39, 0.29) is 11.2 Å². The van der Waals surface area contributed by atoms with Gasteiger partial charge in [0.05, 0.1) is 12.2 Å². The molecule has 0 aliphatic heterocycles. The molecule has 1 aromatic rings. The average molecular weight is 253 g/mol. The van der Waals surface area contributed by atoms with Crippen LogP contribution in [0.4, 0.5) is 5.69 Å². The van der Waals surface area contributed by atoms with Crippen molar-refractivity contribution < 1.29 is 9.53 Å². The van der Waals surface area contributed by atoms with Crippen molar-refractivity contribution in [3.05, 3.63) is 29.3 Å². The smallest absolute Gasteiger partial charge is 0.340 e. The number of hydrogen-bond donors (Lipinski definition) is 1. The Bertz CT molecular complexity index is 393. The first kappa shape index (κ1) is 13.9. The SMILES string of the molecule is CCCOC(=O)c1c(N)cccc1C(C)SC. The molecule has 1 aromatic carbocycles. The molecule has 0 aromatic heterocycles. The van der Waals surface area contributed by atoms with E-state index in [9.17, 15) is 4.79 Å². The number of nitrogen functional groups attached to an aromatic ring is 1. The molecule has 1 rings (SSSR count). The van der Waals surface area contributed by atoms with Gasteiger partial charge >= 0.3 is 5.97 Å². The molecule has 2 N–H and O–H groups in total. The molecule has 4 heteroatoms. The average Bonchev–Trinajstić information content (AvgIpc) is 2.34. The van der Waals surface area contributed by atoms with E-state index in [1.165, 1.54) is 0 Å². The highest BCUT2D eigenvalue weighted by atomic mass is 32.2. The lowest BCUT2D eigenvalue weighted by atomic mass is 10.0. The van der Waals surface area contributed by atoms with Crippen molar-refractivity contribution in [2.24, 2.45) is 0 Å². The molecule has 0 saturated carbocycles. The van der Waals surface area contributed by atoms with Gasteiger partial charge in [-0.05, 0) is 31.2 Å². The van der Waals surface area contributed by atoms with E-state index in [4.69, 9.17) is 10.5 Å². The summed E-state index contributed by atoms with van der Waals surface area (Å²) in [6, 6.07) is 5.53. The zero-order valence-electron chi connectivity index (χ0n) is 10.5. The highest BCUT2D eigenvalue weighted by Crippen LogP contribution is 2.31.